The van der Waals surface area contributed by atoms with Crippen LogP contribution in [0, 0.1) is 0 Å². The summed E-state index contributed by atoms with van der Waals surface area (Å²) in [5, 5.41) is 16.5. The van der Waals surface area contributed by atoms with Crippen molar-refractivity contribution in [2.75, 3.05) is 6.54 Å². The van der Waals surface area contributed by atoms with E-state index in [2.05, 4.69) is 41.5 Å². The summed E-state index contributed by atoms with van der Waals surface area (Å²) >= 11 is 0. The first-order valence-electron chi connectivity index (χ1n) is 7.38. The van der Waals surface area contributed by atoms with Gasteiger partial charge in [-0.05, 0) is 25.8 Å². The molecule has 110 valence electrons. The standard InChI is InChI=1S/C14H24N6/c1-5-8-15-12(6-2)14-13(7-3)20(18-17-14)11-9-16-19(4)10-11/h9-10,12,15H,5-8H2,1-4H3. The Hall–Kier alpha value is -1.69. The fourth-order valence-electron chi connectivity index (χ4n) is 2.39. The zero-order valence-electron chi connectivity index (χ0n) is 12.8. The number of aromatic nitrogens is 5. The average molecular weight is 276 g/mol. The minimum atomic E-state index is 0.273. The van der Waals surface area contributed by atoms with Gasteiger partial charge in [0, 0.05) is 7.05 Å². The maximum atomic E-state index is 4.41. The summed E-state index contributed by atoms with van der Waals surface area (Å²) < 4.78 is 3.68. The normalized spacial score (nSPS) is 12.8. The molecule has 20 heavy (non-hydrogen) atoms. The summed E-state index contributed by atoms with van der Waals surface area (Å²) in [4.78, 5) is 0. The number of nitrogens with one attached hydrogen (secondary N) is 1. The summed E-state index contributed by atoms with van der Waals surface area (Å²) in [7, 11) is 1.91. The molecule has 0 aromatic carbocycles. The van der Waals surface area contributed by atoms with E-state index in [0.29, 0.717) is 0 Å². The molecule has 1 unspecified atom stereocenters. The Kier molecular flexibility index (Phi) is 4.89. The van der Waals surface area contributed by atoms with Crippen molar-refractivity contribution in [3.63, 3.8) is 0 Å². The van der Waals surface area contributed by atoms with Crippen molar-refractivity contribution >= 4 is 0 Å². The van der Waals surface area contributed by atoms with Crippen molar-refractivity contribution in [3.8, 4) is 5.69 Å². The molecule has 0 spiro atoms. The van der Waals surface area contributed by atoms with E-state index in [1.165, 1.54) is 0 Å². The van der Waals surface area contributed by atoms with Crippen LogP contribution in [-0.2, 0) is 13.5 Å². The number of nitrogens with zero attached hydrogens (tertiary/aromatic N) is 5. The van der Waals surface area contributed by atoms with Gasteiger partial charge in [-0.3, -0.25) is 4.68 Å². The number of hydrogen-bond donors (Lipinski definition) is 1. The quantitative estimate of drug-likeness (QED) is 0.840. The van der Waals surface area contributed by atoms with Gasteiger partial charge in [0.1, 0.15) is 11.4 Å². The molecule has 6 nitrogen and oxygen atoms in total. The van der Waals surface area contributed by atoms with Gasteiger partial charge in [0.15, 0.2) is 0 Å². The number of hydrogen-bond acceptors (Lipinski definition) is 4. The molecule has 0 saturated carbocycles. The molecule has 1 atom stereocenters. The van der Waals surface area contributed by atoms with Crippen molar-refractivity contribution in [3.05, 3.63) is 23.8 Å². The van der Waals surface area contributed by atoms with Crippen LogP contribution in [0.3, 0.4) is 0 Å². The summed E-state index contributed by atoms with van der Waals surface area (Å²) in [5.41, 5.74) is 3.19. The minimum Gasteiger partial charge on any atom is -0.309 e. The molecule has 2 heterocycles. The molecule has 0 saturated heterocycles. The first kappa shape index (κ1) is 14.7. The smallest absolute Gasteiger partial charge is 0.105 e. The van der Waals surface area contributed by atoms with E-state index in [0.717, 1.165) is 42.9 Å². The molecular formula is C14H24N6. The van der Waals surface area contributed by atoms with Crippen LogP contribution in [0.4, 0.5) is 0 Å². The van der Waals surface area contributed by atoms with E-state index < -0.39 is 0 Å². The lowest BCUT2D eigenvalue weighted by atomic mass is 10.1. The average Bonchev–Trinajstić information content (AvgIpc) is 3.05. The minimum absolute atomic E-state index is 0.273. The van der Waals surface area contributed by atoms with Crippen LogP contribution in [0.2, 0.25) is 0 Å². The lowest BCUT2D eigenvalue weighted by molar-refractivity contribution is 0.503. The van der Waals surface area contributed by atoms with Gasteiger partial charge in [0.05, 0.1) is 24.1 Å². The summed E-state index contributed by atoms with van der Waals surface area (Å²) in [6.45, 7) is 7.49. The predicted octanol–water partition coefficient (Wildman–Crippen LogP) is 2.01. The van der Waals surface area contributed by atoms with Gasteiger partial charge in [-0.25, -0.2) is 4.68 Å². The van der Waals surface area contributed by atoms with Crippen molar-refractivity contribution in [2.45, 2.75) is 46.1 Å². The van der Waals surface area contributed by atoms with Crippen molar-refractivity contribution in [2.24, 2.45) is 7.05 Å². The Morgan fingerprint density at radius 3 is 2.65 bits per heavy atom. The highest BCUT2D eigenvalue weighted by atomic mass is 15.4. The van der Waals surface area contributed by atoms with Gasteiger partial charge in [-0.15, -0.1) is 5.10 Å². The topological polar surface area (TPSA) is 60.6 Å². The Morgan fingerprint density at radius 2 is 2.10 bits per heavy atom. The van der Waals surface area contributed by atoms with Gasteiger partial charge in [-0.1, -0.05) is 26.0 Å². The molecule has 0 aliphatic carbocycles. The zero-order chi connectivity index (χ0) is 14.5. The SMILES string of the molecule is CCCNC(CC)c1nnn(-c2cnn(C)c2)c1CC. The summed E-state index contributed by atoms with van der Waals surface area (Å²) in [5.74, 6) is 0. The van der Waals surface area contributed by atoms with Crippen LogP contribution in [0.1, 0.15) is 51.0 Å². The van der Waals surface area contributed by atoms with Gasteiger partial charge < -0.3 is 5.32 Å². The lowest BCUT2D eigenvalue weighted by Gasteiger charge is -2.15. The Morgan fingerprint density at radius 1 is 1.30 bits per heavy atom. The van der Waals surface area contributed by atoms with Crippen LogP contribution in [0.5, 0.6) is 0 Å². The molecule has 0 amide bonds. The molecule has 2 rings (SSSR count). The first-order valence-corrected chi connectivity index (χ1v) is 7.38. The fourth-order valence-corrected chi connectivity index (χ4v) is 2.39. The maximum absolute atomic E-state index is 4.41. The van der Waals surface area contributed by atoms with Crippen LogP contribution < -0.4 is 5.32 Å². The van der Waals surface area contributed by atoms with Crippen molar-refractivity contribution in [1.82, 2.24) is 30.1 Å². The van der Waals surface area contributed by atoms with E-state index in [1.54, 1.807) is 4.68 Å². The zero-order valence-corrected chi connectivity index (χ0v) is 12.8. The van der Waals surface area contributed by atoms with Crippen LogP contribution in [0.25, 0.3) is 5.69 Å². The van der Waals surface area contributed by atoms with E-state index in [9.17, 15) is 0 Å². The van der Waals surface area contributed by atoms with Gasteiger partial charge in [0.2, 0.25) is 0 Å². The second-order valence-electron chi connectivity index (χ2n) is 4.97. The van der Waals surface area contributed by atoms with E-state index in [4.69, 9.17) is 0 Å². The van der Waals surface area contributed by atoms with E-state index in [1.807, 2.05) is 24.1 Å². The van der Waals surface area contributed by atoms with E-state index in [-0.39, 0.29) is 6.04 Å². The summed E-state index contributed by atoms with van der Waals surface area (Å²) in [6.07, 6.45) is 6.81. The second kappa shape index (κ2) is 6.65. The van der Waals surface area contributed by atoms with Gasteiger partial charge >= 0.3 is 0 Å². The Balaban J connectivity index is 2.33. The summed E-state index contributed by atoms with van der Waals surface area (Å²) in [6, 6.07) is 0.273. The molecular weight excluding hydrogens is 252 g/mol. The molecule has 0 radical (unpaired) electrons. The highest BCUT2D eigenvalue weighted by Gasteiger charge is 2.20. The second-order valence-corrected chi connectivity index (χ2v) is 4.97. The highest BCUT2D eigenvalue weighted by molar-refractivity contribution is 5.29. The predicted molar refractivity (Wildman–Crippen MR) is 78.8 cm³/mol. The number of aryl methyl sites for hydroxylation is 1. The van der Waals surface area contributed by atoms with Crippen LogP contribution in [-0.4, -0.2) is 31.3 Å². The largest absolute Gasteiger partial charge is 0.309 e. The molecule has 0 aliphatic heterocycles. The third kappa shape index (κ3) is 2.90. The van der Waals surface area contributed by atoms with Crippen molar-refractivity contribution < 1.29 is 0 Å². The highest BCUT2D eigenvalue weighted by Crippen LogP contribution is 2.21. The molecule has 0 aliphatic rings. The molecule has 0 fully saturated rings. The molecule has 2 aromatic rings. The van der Waals surface area contributed by atoms with Crippen LogP contribution in [0.15, 0.2) is 12.4 Å². The molecule has 2 aromatic heterocycles. The molecule has 6 heteroatoms. The number of rotatable bonds is 7. The van der Waals surface area contributed by atoms with E-state index >= 15 is 0 Å². The van der Waals surface area contributed by atoms with Crippen molar-refractivity contribution in [1.29, 1.82) is 0 Å². The Bertz CT molecular complexity index is 542. The third-order valence-electron chi connectivity index (χ3n) is 3.44. The lowest BCUT2D eigenvalue weighted by Crippen LogP contribution is -2.23. The van der Waals surface area contributed by atoms with Gasteiger partial charge in [0.25, 0.3) is 0 Å². The van der Waals surface area contributed by atoms with Gasteiger partial charge in [-0.2, -0.15) is 5.10 Å². The Labute approximate surface area is 120 Å². The molecule has 0 bridgehead atoms. The maximum Gasteiger partial charge on any atom is 0.105 e. The monoisotopic (exact) mass is 276 g/mol. The fraction of sp³-hybridized carbons (Fsp3) is 0.643. The third-order valence-corrected chi connectivity index (χ3v) is 3.44. The van der Waals surface area contributed by atoms with Crippen LogP contribution >= 0.6 is 0 Å². The molecule has 1 N–H and O–H groups in total. The first-order chi connectivity index (χ1) is 9.71.